The van der Waals surface area contributed by atoms with Crippen LogP contribution in [0.2, 0.25) is 5.02 Å². The number of halogens is 4. The maximum Gasteiger partial charge on any atom is 0.283 e. The van der Waals surface area contributed by atoms with Crippen molar-refractivity contribution in [2.45, 2.75) is 30.2 Å². The van der Waals surface area contributed by atoms with Crippen LogP contribution < -0.4 is 4.90 Å². The first kappa shape index (κ1) is 20.0. The van der Waals surface area contributed by atoms with E-state index in [1.807, 2.05) is 6.92 Å². The van der Waals surface area contributed by atoms with Crippen molar-refractivity contribution in [3.8, 4) is 0 Å². The molecule has 0 spiro atoms. The summed E-state index contributed by atoms with van der Waals surface area (Å²) >= 11 is 6.28. The van der Waals surface area contributed by atoms with Crippen molar-refractivity contribution in [1.82, 2.24) is 9.19 Å². The van der Waals surface area contributed by atoms with Gasteiger partial charge in [-0.05, 0) is 31.2 Å². The van der Waals surface area contributed by atoms with Crippen molar-refractivity contribution in [2.24, 2.45) is 0 Å². The molecule has 1 atom stereocenters. The number of hydrogen-bond acceptors (Lipinski definition) is 4. The molecular formula is C19H17ClF3N3O2S. The summed E-state index contributed by atoms with van der Waals surface area (Å²) in [6.45, 7) is 0.0465. The second-order valence-electron chi connectivity index (χ2n) is 7.11. The van der Waals surface area contributed by atoms with Gasteiger partial charge in [0.1, 0.15) is 6.67 Å². The number of nitrogens with zero attached hydrogens (tertiary/aromatic N) is 3. The molecule has 0 unspecified atom stereocenters. The van der Waals surface area contributed by atoms with Gasteiger partial charge in [0.05, 0.1) is 33.4 Å². The summed E-state index contributed by atoms with van der Waals surface area (Å²) in [6, 6.07) is 9.60. The Balaban J connectivity index is 1.94. The summed E-state index contributed by atoms with van der Waals surface area (Å²) in [4.78, 5) is 1.10. The Kier molecular flexibility index (Phi) is 4.77. The largest absolute Gasteiger partial charge is 0.343 e. The number of benzene rings is 2. The maximum absolute atomic E-state index is 14.0. The maximum atomic E-state index is 14.0. The molecule has 1 aliphatic rings. The first-order valence-electron chi connectivity index (χ1n) is 8.84. The zero-order chi connectivity index (χ0) is 21.0. The Morgan fingerprint density at radius 3 is 2.55 bits per heavy atom. The van der Waals surface area contributed by atoms with Gasteiger partial charge in [-0.2, -0.15) is 12.5 Å². The number of alkyl halides is 3. The van der Waals surface area contributed by atoms with Crippen LogP contribution in [0, 0.1) is 6.92 Å². The molecule has 0 saturated carbocycles. The molecule has 2 aromatic carbocycles. The van der Waals surface area contributed by atoms with Gasteiger partial charge in [-0.25, -0.2) is 13.2 Å². The van der Waals surface area contributed by atoms with Crippen LogP contribution in [0.5, 0.6) is 0 Å². The molecule has 4 rings (SSSR count). The number of rotatable bonds is 4. The van der Waals surface area contributed by atoms with Crippen LogP contribution in [0.25, 0.3) is 10.9 Å². The normalized spacial score (nSPS) is 19.2. The average Bonchev–Trinajstić information content (AvgIpc) is 3.20. The van der Waals surface area contributed by atoms with Crippen LogP contribution in [0.4, 0.5) is 19.0 Å². The quantitative estimate of drug-likeness (QED) is 0.599. The van der Waals surface area contributed by atoms with E-state index in [0.29, 0.717) is 0 Å². The predicted molar refractivity (Wildman–Crippen MR) is 105 cm³/mol. The Hall–Kier alpha value is -2.26. The zero-order valence-corrected chi connectivity index (χ0v) is 16.9. The molecule has 154 valence electrons. The fraction of sp³-hybridized carbons (Fsp3) is 0.316. The summed E-state index contributed by atoms with van der Waals surface area (Å²) < 4.78 is 68.6. The standard InChI is InChI=1S/C19H17ClF3N3O2S/c1-12-5-7-14(8-6-12)29(27,28)26-16-4-2-3-15(20)17(16)18(24-26)25-11-19(22,23)9-13(25)10-21/h2-8,13H,9-11H2,1H3/t13-/m1/s1. The van der Waals surface area contributed by atoms with E-state index in [1.54, 1.807) is 18.2 Å². The van der Waals surface area contributed by atoms with Crippen LogP contribution in [0.3, 0.4) is 0 Å². The minimum Gasteiger partial charge on any atom is -0.343 e. The number of fused-ring (bicyclic) bond motifs is 1. The molecule has 0 amide bonds. The molecule has 1 aromatic heterocycles. The summed E-state index contributed by atoms with van der Waals surface area (Å²) in [5.74, 6) is -3.18. The van der Waals surface area contributed by atoms with Gasteiger partial charge < -0.3 is 4.90 Å². The van der Waals surface area contributed by atoms with E-state index in [-0.39, 0.29) is 26.6 Å². The van der Waals surface area contributed by atoms with E-state index in [9.17, 15) is 21.6 Å². The van der Waals surface area contributed by atoms with E-state index >= 15 is 0 Å². The van der Waals surface area contributed by atoms with Gasteiger partial charge in [-0.1, -0.05) is 35.4 Å². The van der Waals surface area contributed by atoms with Gasteiger partial charge in [-0.3, -0.25) is 0 Å². The molecule has 29 heavy (non-hydrogen) atoms. The molecule has 5 nitrogen and oxygen atoms in total. The van der Waals surface area contributed by atoms with Gasteiger partial charge in [0, 0.05) is 6.42 Å². The van der Waals surface area contributed by atoms with Gasteiger partial charge in [0.2, 0.25) is 0 Å². The lowest BCUT2D eigenvalue weighted by atomic mass is 10.2. The lowest BCUT2D eigenvalue weighted by Gasteiger charge is -2.21. The molecule has 0 aliphatic carbocycles. The number of anilines is 1. The second-order valence-corrected chi connectivity index (χ2v) is 9.29. The third-order valence-electron chi connectivity index (χ3n) is 4.98. The SMILES string of the molecule is Cc1ccc(S(=O)(=O)n2nc(N3CC(F)(F)C[C@@H]3CF)c3c(Cl)cccc32)cc1. The minimum atomic E-state index is -4.12. The third-order valence-corrected chi connectivity index (χ3v) is 6.90. The second kappa shape index (κ2) is 6.91. The van der Waals surface area contributed by atoms with Gasteiger partial charge >= 0.3 is 0 Å². The van der Waals surface area contributed by atoms with Gasteiger partial charge in [-0.15, -0.1) is 5.10 Å². The molecule has 2 heterocycles. The molecule has 0 radical (unpaired) electrons. The predicted octanol–water partition coefficient (Wildman–Crippen LogP) is 4.42. The lowest BCUT2D eigenvalue weighted by Crippen LogP contribution is -2.32. The van der Waals surface area contributed by atoms with Gasteiger partial charge in [0.15, 0.2) is 5.82 Å². The highest BCUT2D eigenvalue weighted by atomic mass is 35.5. The first-order valence-corrected chi connectivity index (χ1v) is 10.7. The van der Waals surface area contributed by atoms with Crippen molar-refractivity contribution in [2.75, 3.05) is 18.1 Å². The van der Waals surface area contributed by atoms with Crippen molar-refractivity contribution in [1.29, 1.82) is 0 Å². The van der Waals surface area contributed by atoms with E-state index in [4.69, 9.17) is 11.6 Å². The van der Waals surface area contributed by atoms with E-state index < -0.39 is 41.6 Å². The third kappa shape index (κ3) is 3.36. The van der Waals surface area contributed by atoms with Crippen LogP contribution in [-0.2, 0) is 10.0 Å². The molecule has 0 N–H and O–H groups in total. The fourth-order valence-electron chi connectivity index (χ4n) is 3.56. The van der Waals surface area contributed by atoms with E-state index in [1.165, 1.54) is 24.3 Å². The van der Waals surface area contributed by atoms with Crippen molar-refractivity contribution in [3.63, 3.8) is 0 Å². The van der Waals surface area contributed by atoms with Gasteiger partial charge in [0.25, 0.3) is 15.9 Å². The van der Waals surface area contributed by atoms with Crippen LogP contribution in [0.1, 0.15) is 12.0 Å². The topological polar surface area (TPSA) is 55.2 Å². The smallest absolute Gasteiger partial charge is 0.283 e. The average molecular weight is 444 g/mol. The molecule has 10 heteroatoms. The van der Waals surface area contributed by atoms with Crippen LogP contribution in [0.15, 0.2) is 47.4 Å². The van der Waals surface area contributed by atoms with Crippen LogP contribution >= 0.6 is 11.6 Å². The Morgan fingerprint density at radius 1 is 1.21 bits per heavy atom. The zero-order valence-electron chi connectivity index (χ0n) is 15.3. The summed E-state index contributed by atoms with van der Waals surface area (Å²) in [7, 11) is -4.12. The molecule has 3 aromatic rings. The number of hydrogen-bond donors (Lipinski definition) is 0. The molecular weight excluding hydrogens is 427 g/mol. The molecule has 1 aliphatic heterocycles. The van der Waals surface area contributed by atoms with E-state index in [0.717, 1.165) is 14.6 Å². The highest BCUT2D eigenvalue weighted by molar-refractivity contribution is 7.90. The van der Waals surface area contributed by atoms with Crippen molar-refractivity contribution >= 4 is 38.3 Å². The molecule has 1 saturated heterocycles. The summed E-state index contributed by atoms with van der Waals surface area (Å²) in [6.07, 6.45) is -0.674. The summed E-state index contributed by atoms with van der Waals surface area (Å²) in [5, 5.41) is 4.48. The molecule has 0 bridgehead atoms. The fourth-order valence-corrected chi connectivity index (χ4v) is 5.09. The Bertz CT molecular complexity index is 1180. The highest BCUT2D eigenvalue weighted by Crippen LogP contribution is 2.41. The van der Waals surface area contributed by atoms with Crippen molar-refractivity contribution < 1.29 is 21.6 Å². The highest BCUT2D eigenvalue weighted by Gasteiger charge is 2.46. The number of aryl methyl sites for hydroxylation is 1. The molecule has 1 fully saturated rings. The minimum absolute atomic E-state index is 0.00665. The lowest BCUT2D eigenvalue weighted by molar-refractivity contribution is 0.0215. The van der Waals surface area contributed by atoms with Crippen LogP contribution in [-0.4, -0.2) is 42.8 Å². The Morgan fingerprint density at radius 2 is 1.90 bits per heavy atom. The number of aromatic nitrogens is 2. The monoisotopic (exact) mass is 443 g/mol. The van der Waals surface area contributed by atoms with E-state index in [2.05, 4.69) is 5.10 Å². The Labute approximate surface area is 170 Å². The first-order chi connectivity index (χ1) is 13.6. The summed E-state index contributed by atoms with van der Waals surface area (Å²) in [5.41, 5.74) is 1.02. The van der Waals surface area contributed by atoms with Crippen molar-refractivity contribution in [3.05, 3.63) is 53.1 Å².